The number of hydrogen-bond acceptors (Lipinski definition) is 6. The van der Waals surface area contributed by atoms with E-state index in [1.165, 1.54) is 4.90 Å². The quantitative estimate of drug-likeness (QED) is 0.528. The number of benzene rings is 1. The van der Waals surface area contributed by atoms with Crippen molar-refractivity contribution >= 4 is 29.4 Å². The first kappa shape index (κ1) is 20.8. The van der Waals surface area contributed by atoms with Crippen LogP contribution in [0.4, 0.5) is 5.69 Å². The lowest BCUT2D eigenvalue weighted by molar-refractivity contribution is -0.148. The van der Waals surface area contributed by atoms with Gasteiger partial charge in [0.15, 0.2) is 6.61 Å². The molecule has 1 N–H and O–H groups in total. The number of esters is 1. The number of anilines is 1. The van der Waals surface area contributed by atoms with E-state index in [1.807, 2.05) is 6.92 Å². The van der Waals surface area contributed by atoms with Gasteiger partial charge < -0.3 is 14.8 Å². The van der Waals surface area contributed by atoms with E-state index < -0.39 is 18.5 Å². The largest absolute Gasteiger partial charge is 0.494 e. The van der Waals surface area contributed by atoms with Crippen molar-refractivity contribution in [2.45, 2.75) is 39.0 Å². The molecule has 8 nitrogen and oxygen atoms in total. The second-order valence-electron chi connectivity index (χ2n) is 7.24. The topological polar surface area (TPSA) is 102 Å². The highest BCUT2D eigenvalue weighted by molar-refractivity contribution is 6.05. The van der Waals surface area contributed by atoms with Crippen LogP contribution < -0.4 is 10.1 Å². The number of hydrogen-bond donors (Lipinski definition) is 1. The molecule has 156 valence electrons. The van der Waals surface area contributed by atoms with Crippen LogP contribution in [0.1, 0.15) is 39.0 Å². The van der Waals surface area contributed by atoms with Crippen molar-refractivity contribution in [2.24, 2.45) is 11.8 Å². The molecule has 0 radical (unpaired) electrons. The lowest BCUT2D eigenvalue weighted by Crippen LogP contribution is -2.33. The van der Waals surface area contributed by atoms with Crippen molar-refractivity contribution in [3.8, 4) is 5.75 Å². The highest BCUT2D eigenvalue weighted by Gasteiger charge is 2.47. The first-order chi connectivity index (χ1) is 14.0. The van der Waals surface area contributed by atoms with Crippen LogP contribution in [-0.2, 0) is 23.9 Å². The maximum Gasteiger partial charge on any atom is 0.308 e. The highest BCUT2D eigenvalue weighted by Crippen LogP contribution is 2.37. The first-order valence-electron chi connectivity index (χ1n) is 10.0. The molecule has 2 aliphatic rings. The number of nitrogens with one attached hydrogen (secondary N) is 1. The van der Waals surface area contributed by atoms with Crippen molar-refractivity contribution < 1.29 is 28.7 Å². The van der Waals surface area contributed by atoms with Gasteiger partial charge in [-0.05, 0) is 44.0 Å². The summed E-state index contributed by atoms with van der Waals surface area (Å²) in [5.74, 6) is -1.22. The summed E-state index contributed by atoms with van der Waals surface area (Å²) in [5.41, 5.74) is 0.561. The maximum absolute atomic E-state index is 12.4. The number of amides is 3. The third kappa shape index (κ3) is 5.13. The van der Waals surface area contributed by atoms with Gasteiger partial charge in [0, 0.05) is 12.2 Å². The fourth-order valence-electron chi connectivity index (χ4n) is 3.87. The molecule has 8 heteroatoms. The molecule has 2 atom stereocenters. The molecule has 29 heavy (non-hydrogen) atoms. The number of fused-ring (bicyclic) bond motifs is 1. The van der Waals surface area contributed by atoms with Gasteiger partial charge in [-0.1, -0.05) is 12.8 Å². The Kier molecular flexibility index (Phi) is 6.85. The van der Waals surface area contributed by atoms with Crippen molar-refractivity contribution in [1.29, 1.82) is 0 Å². The van der Waals surface area contributed by atoms with E-state index in [0.29, 0.717) is 18.0 Å². The number of carbonyl (C=O) groups excluding carboxylic acids is 4. The average molecular weight is 402 g/mol. The van der Waals surface area contributed by atoms with Crippen LogP contribution in [0.25, 0.3) is 0 Å². The van der Waals surface area contributed by atoms with Crippen LogP contribution in [0.15, 0.2) is 24.3 Å². The summed E-state index contributed by atoms with van der Waals surface area (Å²) < 4.78 is 10.3. The van der Waals surface area contributed by atoms with Gasteiger partial charge in [0.25, 0.3) is 5.91 Å². The molecule has 3 amide bonds. The molecule has 1 aliphatic carbocycles. The SMILES string of the molecule is CCOc1ccc(NC(=O)COC(=O)CCN2C(=O)[C@H]3CCCC[C@@H]3C2=O)cc1. The summed E-state index contributed by atoms with van der Waals surface area (Å²) >= 11 is 0. The summed E-state index contributed by atoms with van der Waals surface area (Å²) in [4.78, 5) is 49.8. The number of nitrogens with zero attached hydrogens (tertiary/aromatic N) is 1. The van der Waals surface area contributed by atoms with Crippen LogP contribution >= 0.6 is 0 Å². The van der Waals surface area contributed by atoms with Gasteiger partial charge in [-0.3, -0.25) is 24.1 Å². The van der Waals surface area contributed by atoms with E-state index in [0.717, 1.165) is 25.7 Å². The van der Waals surface area contributed by atoms with E-state index in [-0.39, 0.29) is 36.6 Å². The molecule has 0 aromatic heterocycles. The molecular formula is C21H26N2O6. The molecule has 1 saturated carbocycles. The molecule has 2 fully saturated rings. The molecule has 1 saturated heterocycles. The Labute approximate surface area is 169 Å². The Morgan fingerprint density at radius 1 is 1.07 bits per heavy atom. The van der Waals surface area contributed by atoms with Crippen LogP contribution in [-0.4, -0.2) is 48.3 Å². The number of rotatable bonds is 8. The minimum atomic E-state index is -0.623. The van der Waals surface area contributed by atoms with Crippen LogP contribution in [0.2, 0.25) is 0 Å². The molecule has 3 rings (SSSR count). The predicted molar refractivity (Wildman–Crippen MR) is 104 cm³/mol. The van der Waals surface area contributed by atoms with Crippen molar-refractivity contribution in [3.05, 3.63) is 24.3 Å². The standard InChI is InChI=1S/C21H26N2O6/c1-2-28-15-9-7-14(8-10-15)22-18(24)13-29-19(25)11-12-23-20(26)16-5-3-4-6-17(16)21(23)27/h7-10,16-17H,2-6,11-13H2,1H3,(H,22,24)/t16-,17-/m0/s1. The second-order valence-corrected chi connectivity index (χ2v) is 7.24. The zero-order valence-corrected chi connectivity index (χ0v) is 16.5. The third-order valence-corrected chi connectivity index (χ3v) is 5.29. The minimum Gasteiger partial charge on any atom is -0.494 e. The minimum absolute atomic E-state index is 0.00398. The summed E-state index contributed by atoms with van der Waals surface area (Å²) in [6.07, 6.45) is 3.27. The highest BCUT2D eigenvalue weighted by atomic mass is 16.5. The van der Waals surface area contributed by atoms with Gasteiger partial charge >= 0.3 is 5.97 Å². The third-order valence-electron chi connectivity index (χ3n) is 5.29. The van der Waals surface area contributed by atoms with Crippen molar-refractivity contribution in [2.75, 3.05) is 25.1 Å². The molecule has 1 heterocycles. The van der Waals surface area contributed by atoms with Crippen molar-refractivity contribution in [1.82, 2.24) is 4.90 Å². The maximum atomic E-state index is 12.4. The fourth-order valence-corrected chi connectivity index (χ4v) is 3.87. The fraction of sp³-hybridized carbons (Fsp3) is 0.524. The van der Waals surface area contributed by atoms with E-state index in [9.17, 15) is 19.2 Å². The Morgan fingerprint density at radius 2 is 1.69 bits per heavy atom. The lowest BCUT2D eigenvalue weighted by Gasteiger charge is -2.19. The predicted octanol–water partition coefficient (Wildman–Crippen LogP) is 2.13. The average Bonchev–Trinajstić information content (AvgIpc) is 2.97. The van der Waals surface area contributed by atoms with Crippen LogP contribution in [0, 0.1) is 11.8 Å². The van der Waals surface area contributed by atoms with Gasteiger partial charge in [0.05, 0.1) is 24.9 Å². The molecule has 0 spiro atoms. The molecule has 0 bridgehead atoms. The van der Waals surface area contributed by atoms with Crippen molar-refractivity contribution in [3.63, 3.8) is 0 Å². The Bertz CT molecular complexity index is 752. The van der Waals surface area contributed by atoms with Crippen LogP contribution in [0.3, 0.4) is 0 Å². The summed E-state index contributed by atoms with van der Waals surface area (Å²) in [6.45, 7) is 2.01. The molecular weight excluding hydrogens is 376 g/mol. The van der Waals surface area contributed by atoms with Gasteiger partial charge in [-0.15, -0.1) is 0 Å². The molecule has 1 aromatic carbocycles. The smallest absolute Gasteiger partial charge is 0.308 e. The number of imide groups is 1. The van der Waals surface area contributed by atoms with Crippen LogP contribution in [0.5, 0.6) is 5.75 Å². The van der Waals surface area contributed by atoms with E-state index in [1.54, 1.807) is 24.3 Å². The first-order valence-corrected chi connectivity index (χ1v) is 10.0. The second kappa shape index (κ2) is 9.54. The van der Waals surface area contributed by atoms with Gasteiger partial charge in [0.2, 0.25) is 11.8 Å². The number of carbonyl (C=O) groups is 4. The Hall–Kier alpha value is -2.90. The van der Waals surface area contributed by atoms with Gasteiger partial charge in [-0.25, -0.2) is 0 Å². The Morgan fingerprint density at radius 3 is 2.28 bits per heavy atom. The zero-order chi connectivity index (χ0) is 20.8. The van der Waals surface area contributed by atoms with Gasteiger partial charge in [-0.2, -0.15) is 0 Å². The number of ether oxygens (including phenoxy) is 2. The normalized spacial score (nSPS) is 20.9. The summed E-state index contributed by atoms with van der Waals surface area (Å²) in [6, 6.07) is 6.84. The van der Waals surface area contributed by atoms with E-state index in [4.69, 9.17) is 9.47 Å². The lowest BCUT2D eigenvalue weighted by atomic mass is 9.81. The Balaban J connectivity index is 1.40. The molecule has 0 unspecified atom stereocenters. The monoisotopic (exact) mass is 402 g/mol. The van der Waals surface area contributed by atoms with E-state index >= 15 is 0 Å². The summed E-state index contributed by atoms with van der Waals surface area (Å²) in [5, 5.41) is 2.62. The summed E-state index contributed by atoms with van der Waals surface area (Å²) in [7, 11) is 0. The molecule has 1 aromatic rings. The zero-order valence-electron chi connectivity index (χ0n) is 16.5. The van der Waals surface area contributed by atoms with Gasteiger partial charge in [0.1, 0.15) is 5.75 Å². The molecule has 1 aliphatic heterocycles. The van der Waals surface area contributed by atoms with E-state index in [2.05, 4.69) is 5.32 Å². The number of likely N-dealkylation sites (tertiary alicyclic amines) is 1.